The quantitative estimate of drug-likeness (QED) is 0.464. The summed E-state index contributed by atoms with van der Waals surface area (Å²) >= 11 is 0. The molecule has 0 atom stereocenters. The van der Waals surface area contributed by atoms with Crippen LogP contribution in [0, 0.1) is 0 Å². The molecule has 1 aliphatic carbocycles. The summed E-state index contributed by atoms with van der Waals surface area (Å²) < 4.78 is 63.2. The van der Waals surface area contributed by atoms with Crippen LogP contribution in [0.3, 0.4) is 0 Å². The summed E-state index contributed by atoms with van der Waals surface area (Å²) in [6.07, 6.45) is 3.02. The van der Waals surface area contributed by atoms with E-state index in [1.807, 2.05) is 0 Å². The molecule has 0 radical (unpaired) electrons. The normalized spacial score (nSPS) is 14.8. The van der Waals surface area contributed by atoms with Crippen molar-refractivity contribution in [3.05, 3.63) is 34.9 Å². The van der Waals surface area contributed by atoms with Gasteiger partial charge in [0.25, 0.3) is 20.2 Å². The molecular formula is C10H8N2O6S2. The maximum Gasteiger partial charge on any atom is 0.304 e. The minimum Gasteiger partial charge on any atom is -0.361 e. The Hall–Kier alpha value is -1.84. The van der Waals surface area contributed by atoms with Crippen LogP contribution in [0.2, 0.25) is 0 Å². The highest BCUT2D eigenvalue weighted by atomic mass is 32.2. The molecule has 0 unspecified atom stereocenters. The molecule has 0 heterocycles. The average Bonchev–Trinajstić information content (AvgIpc) is 2.34. The lowest BCUT2D eigenvalue weighted by Gasteiger charge is -2.12. The van der Waals surface area contributed by atoms with Crippen LogP contribution in [0.5, 0.6) is 0 Å². The van der Waals surface area contributed by atoms with Crippen LogP contribution >= 0.6 is 0 Å². The fraction of sp³-hybridized carbons (Fsp3) is 0.100. The molecule has 1 aliphatic rings. The first-order chi connectivity index (χ1) is 9.14. The van der Waals surface area contributed by atoms with Crippen LogP contribution in [0.15, 0.2) is 28.0 Å². The Morgan fingerprint density at radius 3 is 2.25 bits per heavy atom. The lowest BCUT2D eigenvalue weighted by molar-refractivity contribution is -0.00633. The summed E-state index contributed by atoms with van der Waals surface area (Å²) in [6.45, 7) is 0. The van der Waals surface area contributed by atoms with Crippen molar-refractivity contribution in [2.24, 2.45) is 0 Å². The molecule has 0 fully saturated rings. The first kappa shape index (κ1) is 14.6. The molecule has 1 aromatic carbocycles. The van der Waals surface area contributed by atoms with Gasteiger partial charge in [0.15, 0.2) is 0 Å². The molecule has 0 aromatic heterocycles. The zero-order valence-corrected chi connectivity index (χ0v) is 11.4. The van der Waals surface area contributed by atoms with Gasteiger partial charge in [-0.15, -0.1) is 0 Å². The molecule has 2 rings (SSSR count). The molecule has 106 valence electrons. The predicted octanol–water partition coefficient (Wildman–Crippen LogP) is 0.616. The van der Waals surface area contributed by atoms with Crippen LogP contribution in [-0.2, 0) is 20.2 Å². The summed E-state index contributed by atoms with van der Waals surface area (Å²) in [7, 11) is -9.43. The molecular weight excluding hydrogens is 308 g/mol. The average molecular weight is 316 g/mol. The highest BCUT2D eigenvalue weighted by Crippen LogP contribution is 2.29. The SMILES string of the molecule is [N-]=[N+]=C1CC=Cc2cc(S(=O)(=O)O)cc(S(=O)(=O)O)c21. The molecule has 8 nitrogen and oxygen atoms in total. The Labute approximate surface area is 114 Å². The van der Waals surface area contributed by atoms with Gasteiger partial charge in [0.05, 0.1) is 16.9 Å². The van der Waals surface area contributed by atoms with Gasteiger partial charge in [-0.1, -0.05) is 12.2 Å². The summed E-state index contributed by atoms with van der Waals surface area (Å²) in [5, 5.41) is 0. The second-order valence-electron chi connectivity index (χ2n) is 3.99. The van der Waals surface area contributed by atoms with Crippen LogP contribution in [0.4, 0.5) is 0 Å². The van der Waals surface area contributed by atoms with Gasteiger partial charge in [-0.25, -0.2) is 0 Å². The second kappa shape index (κ2) is 4.62. The standard InChI is InChI=1S/C10H8N2O6S2/c11-12-8-3-1-2-6-4-7(19(13,14)15)5-9(10(6)8)20(16,17)18/h1-2,4-5H,3H2,(H,13,14,15)(H,16,17,18). The van der Waals surface area contributed by atoms with E-state index in [1.165, 1.54) is 12.2 Å². The van der Waals surface area contributed by atoms with E-state index >= 15 is 0 Å². The third-order valence-corrected chi connectivity index (χ3v) is 4.41. The topological polar surface area (TPSA) is 145 Å². The number of fused-ring (bicyclic) bond motifs is 1. The largest absolute Gasteiger partial charge is 0.361 e. The molecule has 0 aliphatic heterocycles. The molecule has 2 N–H and O–H groups in total. The maximum atomic E-state index is 11.4. The van der Waals surface area contributed by atoms with Crippen molar-refractivity contribution >= 4 is 32.0 Å². The van der Waals surface area contributed by atoms with Crippen LogP contribution < -0.4 is 0 Å². The van der Waals surface area contributed by atoms with E-state index in [-0.39, 0.29) is 23.3 Å². The zero-order valence-electron chi connectivity index (χ0n) is 9.75. The van der Waals surface area contributed by atoms with Gasteiger partial charge in [0.2, 0.25) is 0 Å². The predicted molar refractivity (Wildman–Crippen MR) is 67.5 cm³/mol. The Balaban J connectivity index is 2.98. The van der Waals surface area contributed by atoms with Crippen molar-refractivity contribution in [3.63, 3.8) is 0 Å². The van der Waals surface area contributed by atoms with Crippen molar-refractivity contribution in [1.82, 2.24) is 0 Å². The van der Waals surface area contributed by atoms with Crippen LogP contribution in [-0.4, -0.2) is 36.4 Å². The Morgan fingerprint density at radius 1 is 1.10 bits per heavy atom. The molecule has 0 spiro atoms. The molecule has 0 saturated heterocycles. The lowest BCUT2D eigenvalue weighted by atomic mass is 9.95. The highest BCUT2D eigenvalue weighted by molar-refractivity contribution is 7.86. The van der Waals surface area contributed by atoms with Gasteiger partial charge < -0.3 is 5.53 Å². The zero-order chi connectivity index (χ0) is 15.1. The summed E-state index contributed by atoms with van der Waals surface area (Å²) in [5.41, 5.74) is 8.81. The number of benzene rings is 1. The van der Waals surface area contributed by atoms with Gasteiger partial charge >= 0.3 is 5.71 Å². The minimum atomic E-state index is -4.77. The third-order valence-electron chi connectivity index (χ3n) is 2.70. The molecule has 0 saturated carbocycles. The first-order valence-electron chi connectivity index (χ1n) is 5.15. The van der Waals surface area contributed by atoms with Gasteiger partial charge in [0.1, 0.15) is 4.90 Å². The Bertz CT molecular complexity index is 877. The van der Waals surface area contributed by atoms with E-state index in [9.17, 15) is 21.4 Å². The van der Waals surface area contributed by atoms with Crippen molar-refractivity contribution in [3.8, 4) is 0 Å². The number of hydrogen-bond donors (Lipinski definition) is 2. The van der Waals surface area contributed by atoms with E-state index < -0.39 is 30.0 Å². The van der Waals surface area contributed by atoms with Gasteiger partial charge in [0, 0.05) is 0 Å². The first-order valence-corrected chi connectivity index (χ1v) is 8.03. The van der Waals surface area contributed by atoms with Crippen molar-refractivity contribution < 1.29 is 30.7 Å². The fourth-order valence-electron chi connectivity index (χ4n) is 1.89. The second-order valence-corrected chi connectivity index (χ2v) is 6.80. The van der Waals surface area contributed by atoms with Crippen molar-refractivity contribution in [2.75, 3.05) is 0 Å². The van der Waals surface area contributed by atoms with Gasteiger partial charge in [-0.05, 0) is 17.7 Å². The number of hydrogen-bond acceptors (Lipinski definition) is 4. The van der Waals surface area contributed by atoms with Crippen molar-refractivity contribution in [2.45, 2.75) is 16.2 Å². The molecule has 1 aromatic rings. The monoisotopic (exact) mass is 316 g/mol. The van der Waals surface area contributed by atoms with Crippen LogP contribution in [0.25, 0.3) is 11.6 Å². The molecule has 0 amide bonds. The number of rotatable bonds is 2. The van der Waals surface area contributed by atoms with Crippen molar-refractivity contribution in [1.29, 1.82) is 0 Å². The molecule has 10 heteroatoms. The van der Waals surface area contributed by atoms with E-state index in [0.29, 0.717) is 6.07 Å². The number of nitrogens with zero attached hydrogens (tertiary/aromatic N) is 2. The summed E-state index contributed by atoms with van der Waals surface area (Å²) in [6, 6.07) is 1.62. The Morgan fingerprint density at radius 2 is 1.75 bits per heavy atom. The van der Waals surface area contributed by atoms with E-state index in [1.54, 1.807) is 0 Å². The smallest absolute Gasteiger partial charge is 0.304 e. The van der Waals surface area contributed by atoms with Gasteiger partial charge in [-0.3, -0.25) is 9.11 Å². The minimum absolute atomic E-state index is 0.0444. The lowest BCUT2D eigenvalue weighted by Crippen LogP contribution is -2.15. The maximum absolute atomic E-state index is 11.4. The molecule has 0 bridgehead atoms. The molecule has 20 heavy (non-hydrogen) atoms. The summed E-state index contributed by atoms with van der Waals surface area (Å²) in [5.74, 6) is 0. The Kier molecular flexibility index (Phi) is 3.36. The van der Waals surface area contributed by atoms with E-state index in [0.717, 1.165) is 6.07 Å². The third kappa shape index (κ3) is 2.55. The van der Waals surface area contributed by atoms with Gasteiger partial charge in [-0.2, -0.15) is 21.6 Å². The van der Waals surface area contributed by atoms with E-state index in [4.69, 9.17) is 10.1 Å². The van der Waals surface area contributed by atoms with E-state index in [2.05, 4.69) is 4.79 Å². The fourth-order valence-corrected chi connectivity index (χ4v) is 3.28. The summed E-state index contributed by atoms with van der Waals surface area (Å²) in [4.78, 5) is 1.50. The number of allylic oxidation sites excluding steroid dienone is 1. The highest BCUT2D eigenvalue weighted by Gasteiger charge is 2.30. The van der Waals surface area contributed by atoms with Crippen LogP contribution in [0.1, 0.15) is 17.5 Å².